The second kappa shape index (κ2) is 6.18. The lowest BCUT2D eigenvalue weighted by atomic mass is 10.2. The number of Topliss-reactive ketones (excluding diaryl/α,β-unsaturated/α-hetero) is 1. The van der Waals surface area contributed by atoms with Crippen molar-refractivity contribution >= 4 is 5.78 Å². The van der Waals surface area contributed by atoms with Crippen LogP contribution >= 0.6 is 0 Å². The number of aryl methyl sites for hydroxylation is 2. The molecule has 0 saturated heterocycles. The maximum atomic E-state index is 11.7. The number of carbonyl (C=O) groups excluding carboxylic acids is 1. The Hall–Kier alpha value is -2.10. The van der Waals surface area contributed by atoms with Crippen LogP contribution in [-0.4, -0.2) is 22.2 Å². The van der Waals surface area contributed by atoms with Gasteiger partial charge < -0.3 is 4.74 Å². The molecule has 0 spiro atoms. The van der Waals surface area contributed by atoms with E-state index in [0.717, 1.165) is 17.0 Å². The fourth-order valence-corrected chi connectivity index (χ4v) is 1.84. The fraction of sp³-hybridized carbons (Fsp3) is 0.333. The summed E-state index contributed by atoms with van der Waals surface area (Å²) in [6, 6.07) is 9.68. The Morgan fingerprint density at radius 2 is 2.21 bits per heavy atom. The van der Waals surface area contributed by atoms with Crippen LogP contribution in [0.15, 0.2) is 36.5 Å². The van der Waals surface area contributed by atoms with Crippen LogP contribution < -0.4 is 4.74 Å². The minimum Gasteiger partial charge on any atom is -0.493 e. The lowest BCUT2D eigenvalue weighted by molar-refractivity contribution is -0.118. The van der Waals surface area contributed by atoms with Gasteiger partial charge in [0, 0.05) is 19.7 Å². The summed E-state index contributed by atoms with van der Waals surface area (Å²) >= 11 is 0. The molecule has 2 rings (SSSR count). The van der Waals surface area contributed by atoms with Crippen molar-refractivity contribution in [1.29, 1.82) is 0 Å². The maximum Gasteiger partial charge on any atom is 0.142 e. The Labute approximate surface area is 113 Å². The summed E-state index contributed by atoms with van der Waals surface area (Å²) in [5.41, 5.74) is 1.96. The first-order valence-electron chi connectivity index (χ1n) is 6.33. The number of ketones is 1. The van der Waals surface area contributed by atoms with Gasteiger partial charge in [-0.1, -0.05) is 12.1 Å². The highest BCUT2D eigenvalue weighted by Gasteiger charge is 2.06. The van der Waals surface area contributed by atoms with Crippen molar-refractivity contribution < 1.29 is 9.53 Å². The van der Waals surface area contributed by atoms with Crippen LogP contribution in [-0.2, 0) is 18.3 Å². The highest BCUT2D eigenvalue weighted by molar-refractivity contribution is 5.80. The van der Waals surface area contributed by atoms with Crippen LogP contribution in [0.3, 0.4) is 0 Å². The molecule has 4 nitrogen and oxygen atoms in total. The molecule has 0 radical (unpaired) electrons. The van der Waals surface area contributed by atoms with Crippen molar-refractivity contribution in [2.45, 2.75) is 19.8 Å². The molecule has 0 N–H and O–H groups in total. The SMILES string of the molecule is Cc1cccc(OCCC(=O)Cc2ccn(C)n2)c1. The molecule has 19 heavy (non-hydrogen) atoms. The standard InChI is InChI=1S/C15H18N2O2/c1-12-4-3-5-15(10-12)19-9-7-14(18)11-13-6-8-17(2)16-13/h3-6,8,10H,7,9,11H2,1-2H3. The topological polar surface area (TPSA) is 44.1 Å². The van der Waals surface area contributed by atoms with Gasteiger partial charge in [0.05, 0.1) is 18.7 Å². The van der Waals surface area contributed by atoms with Gasteiger partial charge in [-0.2, -0.15) is 5.10 Å². The van der Waals surface area contributed by atoms with Gasteiger partial charge in [0.25, 0.3) is 0 Å². The Morgan fingerprint density at radius 1 is 1.37 bits per heavy atom. The molecule has 2 aromatic rings. The summed E-state index contributed by atoms with van der Waals surface area (Å²) in [6.45, 7) is 2.42. The zero-order chi connectivity index (χ0) is 13.7. The predicted octanol–water partition coefficient (Wildman–Crippen LogP) is 2.31. The summed E-state index contributed by atoms with van der Waals surface area (Å²) in [5.74, 6) is 0.956. The Morgan fingerprint density at radius 3 is 2.89 bits per heavy atom. The minimum atomic E-state index is 0.145. The van der Waals surface area contributed by atoms with Gasteiger partial charge in [0.2, 0.25) is 0 Å². The molecule has 0 aliphatic rings. The van der Waals surface area contributed by atoms with Crippen molar-refractivity contribution in [2.24, 2.45) is 7.05 Å². The molecule has 0 saturated carbocycles. The first-order chi connectivity index (χ1) is 9.13. The third kappa shape index (κ3) is 4.25. The van der Waals surface area contributed by atoms with Gasteiger partial charge in [-0.3, -0.25) is 9.48 Å². The van der Waals surface area contributed by atoms with Gasteiger partial charge in [0.15, 0.2) is 0 Å². The van der Waals surface area contributed by atoms with Crippen molar-refractivity contribution in [3.8, 4) is 5.75 Å². The Balaban J connectivity index is 1.75. The first kappa shape index (κ1) is 13.3. The predicted molar refractivity (Wildman–Crippen MR) is 73.2 cm³/mol. The van der Waals surface area contributed by atoms with Crippen molar-refractivity contribution in [2.75, 3.05) is 6.61 Å². The number of ether oxygens (including phenoxy) is 1. The quantitative estimate of drug-likeness (QED) is 0.798. The number of rotatable bonds is 6. The molecule has 0 fully saturated rings. The third-order valence-electron chi connectivity index (χ3n) is 2.79. The van der Waals surface area contributed by atoms with E-state index < -0.39 is 0 Å². The van der Waals surface area contributed by atoms with Crippen LogP contribution in [0.5, 0.6) is 5.75 Å². The van der Waals surface area contributed by atoms with Crippen molar-refractivity contribution in [3.05, 3.63) is 47.8 Å². The molecular weight excluding hydrogens is 240 g/mol. The summed E-state index contributed by atoms with van der Waals surface area (Å²) in [7, 11) is 1.84. The fourth-order valence-electron chi connectivity index (χ4n) is 1.84. The normalized spacial score (nSPS) is 10.4. The molecule has 0 unspecified atom stereocenters. The lowest BCUT2D eigenvalue weighted by Crippen LogP contribution is -2.09. The second-order valence-corrected chi connectivity index (χ2v) is 4.61. The highest BCUT2D eigenvalue weighted by atomic mass is 16.5. The molecule has 0 aliphatic carbocycles. The van der Waals surface area contributed by atoms with Crippen LogP contribution in [0.1, 0.15) is 17.7 Å². The summed E-state index contributed by atoms with van der Waals surface area (Å²) in [4.78, 5) is 11.7. The highest BCUT2D eigenvalue weighted by Crippen LogP contribution is 2.12. The zero-order valence-electron chi connectivity index (χ0n) is 11.3. The van der Waals surface area contributed by atoms with Crippen molar-refractivity contribution in [3.63, 3.8) is 0 Å². The van der Waals surface area contributed by atoms with Gasteiger partial charge in [-0.15, -0.1) is 0 Å². The number of nitrogens with zero attached hydrogens (tertiary/aromatic N) is 2. The summed E-state index contributed by atoms with van der Waals surface area (Å²) in [5, 5.41) is 4.18. The average molecular weight is 258 g/mol. The van der Waals surface area contributed by atoms with E-state index in [-0.39, 0.29) is 5.78 Å². The Kier molecular flexibility index (Phi) is 4.34. The minimum absolute atomic E-state index is 0.145. The van der Waals surface area contributed by atoms with Crippen LogP contribution in [0.4, 0.5) is 0 Å². The summed E-state index contributed by atoms with van der Waals surface area (Å²) < 4.78 is 7.25. The zero-order valence-corrected chi connectivity index (χ0v) is 11.3. The van der Waals surface area contributed by atoms with E-state index in [0.29, 0.717) is 19.4 Å². The maximum absolute atomic E-state index is 11.7. The molecule has 0 amide bonds. The van der Waals surface area contributed by atoms with Gasteiger partial charge in [-0.05, 0) is 30.7 Å². The van der Waals surface area contributed by atoms with Gasteiger partial charge in [-0.25, -0.2) is 0 Å². The van der Waals surface area contributed by atoms with E-state index in [1.54, 1.807) is 4.68 Å². The number of aromatic nitrogens is 2. The second-order valence-electron chi connectivity index (χ2n) is 4.61. The molecule has 0 atom stereocenters. The molecule has 1 aromatic heterocycles. The molecule has 0 bridgehead atoms. The van der Waals surface area contributed by atoms with Crippen LogP contribution in [0.2, 0.25) is 0 Å². The number of hydrogen-bond donors (Lipinski definition) is 0. The van der Waals surface area contributed by atoms with E-state index in [9.17, 15) is 4.79 Å². The van der Waals surface area contributed by atoms with Crippen LogP contribution in [0, 0.1) is 6.92 Å². The summed E-state index contributed by atoms with van der Waals surface area (Å²) in [6.07, 6.45) is 2.62. The number of benzene rings is 1. The molecule has 100 valence electrons. The van der Waals surface area contributed by atoms with E-state index in [1.165, 1.54) is 0 Å². The third-order valence-corrected chi connectivity index (χ3v) is 2.79. The largest absolute Gasteiger partial charge is 0.493 e. The molecular formula is C15H18N2O2. The monoisotopic (exact) mass is 258 g/mol. The smallest absolute Gasteiger partial charge is 0.142 e. The molecule has 4 heteroatoms. The van der Waals surface area contributed by atoms with Gasteiger partial charge >= 0.3 is 0 Å². The van der Waals surface area contributed by atoms with Crippen LogP contribution in [0.25, 0.3) is 0 Å². The van der Waals surface area contributed by atoms with Gasteiger partial charge in [0.1, 0.15) is 11.5 Å². The Bertz CT molecular complexity index is 561. The molecule has 1 heterocycles. The van der Waals surface area contributed by atoms with E-state index in [2.05, 4.69) is 5.10 Å². The van der Waals surface area contributed by atoms with E-state index in [1.807, 2.05) is 50.5 Å². The number of carbonyl (C=O) groups is 1. The molecule has 1 aromatic carbocycles. The number of hydrogen-bond acceptors (Lipinski definition) is 3. The molecule has 0 aliphatic heterocycles. The first-order valence-corrected chi connectivity index (χ1v) is 6.33. The lowest BCUT2D eigenvalue weighted by Gasteiger charge is -2.05. The van der Waals surface area contributed by atoms with Crippen molar-refractivity contribution in [1.82, 2.24) is 9.78 Å². The van der Waals surface area contributed by atoms with E-state index >= 15 is 0 Å². The van der Waals surface area contributed by atoms with E-state index in [4.69, 9.17) is 4.74 Å². The average Bonchev–Trinajstić information content (AvgIpc) is 2.75.